The number of aromatic nitrogens is 1. The summed E-state index contributed by atoms with van der Waals surface area (Å²) < 4.78 is 68.1. The quantitative estimate of drug-likeness (QED) is 0.415. The molecular formula is C28H23F4NO4. The Morgan fingerprint density at radius 1 is 1.16 bits per heavy atom. The van der Waals surface area contributed by atoms with Crippen molar-refractivity contribution in [3.8, 4) is 5.88 Å². The molecule has 6 rings (SSSR count). The summed E-state index contributed by atoms with van der Waals surface area (Å²) in [7, 11) is 0. The summed E-state index contributed by atoms with van der Waals surface area (Å²) in [4.78, 5) is 15.6. The Kier molecular flexibility index (Phi) is 5.18. The highest BCUT2D eigenvalue weighted by molar-refractivity contribution is 5.77. The van der Waals surface area contributed by atoms with Gasteiger partial charge in [-0.15, -0.1) is 0 Å². The molecule has 2 aromatic carbocycles. The second-order valence-electron chi connectivity index (χ2n) is 10.4. The second-order valence-corrected chi connectivity index (χ2v) is 10.4. The van der Waals surface area contributed by atoms with E-state index in [9.17, 15) is 23.1 Å². The monoisotopic (exact) mass is 513 g/mol. The number of carbonyl (C=O) groups is 1. The Bertz CT molecular complexity index is 1430. The van der Waals surface area contributed by atoms with Gasteiger partial charge in [-0.3, -0.25) is 4.79 Å². The fourth-order valence-corrected chi connectivity index (χ4v) is 5.96. The van der Waals surface area contributed by atoms with Crippen LogP contribution in [0.25, 0.3) is 0 Å². The smallest absolute Gasteiger partial charge is 0.416 e. The van der Waals surface area contributed by atoms with Gasteiger partial charge in [0.1, 0.15) is 18.5 Å². The maximum Gasteiger partial charge on any atom is 0.416 e. The van der Waals surface area contributed by atoms with E-state index < -0.39 is 35.2 Å². The van der Waals surface area contributed by atoms with E-state index in [1.807, 2.05) is 0 Å². The summed E-state index contributed by atoms with van der Waals surface area (Å²) in [5, 5.41) is 9.28. The molecule has 2 heterocycles. The molecule has 2 aliphatic carbocycles. The third kappa shape index (κ3) is 3.87. The van der Waals surface area contributed by atoms with Gasteiger partial charge in [0.2, 0.25) is 5.88 Å². The number of fused-ring (bicyclic) bond motifs is 4. The normalized spacial score (nSPS) is 24.8. The number of ether oxygens (including phenoxy) is 2. The molecule has 4 atom stereocenters. The number of hydrogen-bond acceptors (Lipinski definition) is 4. The van der Waals surface area contributed by atoms with Gasteiger partial charge in [-0.2, -0.15) is 13.2 Å². The van der Waals surface area contributed by atoms with Crippen LogP contribution in [0.15, 0.2) is 48.7 Å². The Hall–Kier alpha value is -3.46. The number of benzene rings is 2. The van der Waals surface area contributed by atoms with E-state index in [4.69, 9.17) is 9.47 Å². The first-order chi connectivity index (χ1) is 17.5. The standard InChI is InChI=1S/C28H23F4NO4/c1-27(2)20-10-21(29)14(8-16(20)25(37-27)15-5-3-4-6-19(15)28(30,31)32)12-36-22-9-13-7-17-23(18(13)11-33-22)24(17)26(34)35/h3-6,8-11,17,23-25H,7,12H2,1-2H3,(H,34,35). The third-order valence-electron chi connectivity index (χ3n) is 7.75. The van der Waals surface area contributed by atoms with Gasteiger partial charge in [0.15, 0.2) is 0 Å². The number of hydrogen-bond donors (Lipinski definition) is 1. The second kappa shape index (κ2) is 8.02. The predicted molar refractivity (Wildman–Crippen MR) is 123 cm³/mol. The molecule has 1 aliphatic heterocycles. The molecule has 0 radical (unpaired) electrons. The van der Waals surface area contributed by atoms with Crippen molar-refractivity contribution in [2.75, 3.05) is 0 Å². The summed E-state index contributed by atoms with van der Waals surface area (Å²) >= 11 is 0. The molecule has 0 spiro atoms. The van der Waals surface area contributed by atoms with Gasteiger partial charge < -0.3 is 14.6 Å². The van der Waals surface area contributed by atoms with Crippen LogP contribution in [0.5, 0.6) is 5.88 Å². The molecule has 0 saturated heterocycles. The molecule has 1 saturated carbocycles. The zero-order chi connectivity index (χ0) is 26.3. The lowest BCUT2D eigenvalue weighted by Gasteiger charge is -2.22. The van der Waals surface area contributed by atoms with Gasteiger partial charge in [0, 0.05) is 23.7 Å². The van der Waals surface area contributed by atoms with Crippen molar-refractivity contribution >= 4 is 5.97 Å². The molecule has 3 aliphatic rings. The highest BCUT2D eigenvalue weighted by Crippen LogP contribution is 2.61. The van der Waals surface area contributed by atoms with E-state index in [0.29, 0.717) is 17.5 Å². The SMILES string of the molecule is CC1(C)OC(c2ccccc2C(F)(F)F)c2cc(COc3cc4c(cn3)C3C(C4)C3C(=O)O)c(F)cc21. The number of halogens is 4. The highest BCUT2D eigenvalue weighted by atomic mass is 19.4. The molecule has 1 fully saturated rings. The molecule has 0 amide bonds. The summed E-state index contributed by atoms with van der Waals surface area (Å²) in [6.07, 6.45) is -3.33. The highest BCUT2D eigenvalue weighted by Gasteiger charge is 2.60. The molecule has 192 valence electrons. The molecule has 1 aromatic heterocycles. The predicted octanol–water partition coefficient (Wildman–Crippen LogP) is 6.14. The topological polar surface area (TPSA) is 68.7 Å². The van der Waals surface area contributed by atoms with E-state index >= 15 is 4.39 Å². The number of carboxylic acids is 1. The Balaban J connectivity index is 1.28. The van der Waals surface area contributed by atoms with Crippen LogP contribution in [0.1, 0.15) is 64.8 Å². The van der Waals surface area contributed by atoms with Crippen molar-refractivity contribution < 1.29 is 36.9 Å². The van der Waals surface area contributed by atoms with Gasteiger partial charge in [-0.1, -0.05) is 18.2 Å². The minimum absolute atomic E-state index is 0.0110. The fourth-order valence-electron chi connectivity index (χ4n) is 5.96. The van der Waals surface area contributed by atoms with Crippen LogP contribution in [-0.4, -0.2) is 16.1 Å². The first kappa shape index (κ1) is 23.9. The van der Waals surface area contributed by atoms with Crippen LogP contribution in [0.3, 0.4) is 0 Å². The van der Waals surface area contributed by atoms with Crippen LogP contribution in [0, 0.1) is 17.7 Å². The van der Waals surface area contributed by atoms with E-state index in [2.05, 4.69) is 4.98 Å². The number of aliphatic carboxylic acids is 1. The molecule has 1 N–H and O–H groups in total. The molecule has 9 heteroatoms. The van der Waals surface area contributed by atoms with Crippen LogP contribution >= 0.6 is 0 Å². The van der Waals surface area contributed by atoms with Gasteiger partial charge in [0.05, 0.1) is 17.1 Å². The average Bonchev–Trinajstić information content (AvgIpc) is 3.33. The minimum atomic E-state index is -4.57. The largest absolute Gasteiger partial charge is 0.481 e. The van der Waals surface area contributed by atoms with Crippen molar-refractivity contribution in [1.29, 1.82) is 0 Å². The van der Waals surface area contributed by atoms with Crippen LogP contribution in [0.2, 0.25) is 0 Å². The fraction of sp³-hybridized carbons (Fsp3) is 0.357. The third-order valence-corrected chi connectivity index (χ3v) is 7.75. The summed E-state index contributed by atoms with van der Waals surface area (Å²) in [6, 6.07) is 9.81. The Labute approximate surface area is 210 Å². The first-order valence-electron chi connectivity index (χ1n) is 12.0. The lowest BCUT2D eigenvalue weighted by Crippen LogP contribution is -2.18. The summed E-state index contributed by atoms with van der Waals surface area (Å²) in [5.74, 6) is -1.35. The van der Waals surface area contributed by atoms with Gasteiger partial charge in [-0.05, 0) is 72.2 Å². The average molecular weight is 513 g/mol. The molecule has 0 bridgehead atoms. The minimum Gasteiger partial charge on any atom is -0.481 e. The van der Waals surface area contributed by atoms with Crippen molar-refractivity contribution in [1.82, 2.24) is 4.98 Å². The molecular weight excluding hydrogens is 490 g/mol. The zero-order valence-corrected chi connectivity index (χ0v) is 20.0. The maximum absolute atomic E-state index is 15.1. The van der Waals surface area contributed by atoms with Gasteiger partial charge in [-0.25, -0.2) is 9.37 Å². The van der Waals surface area contributed by atoms with Crippen LogP contribution in [0.4, 0.5) is 17.6 Å². The number of pyridine rings is 1. The van der Waals surface area contributed by atoms with Crippen molar-refractivity contribution in [2.45, 2.75) is 50.7 Å². The van der Waals surface area contributed by atoms with E-state index in [1.54, 1.807) is 26.1 Å². The lowest BCUT2D eigenvalue weighted by molar-refractivity contribution is -0.140. The van der Waals surface area contributed by atoms with Crippen molar-refractivity contribution in [2.24, 2.45) is 11.8 Å². The first-order valence-corrected chi connectivity index (χ1v) is 12.0. The molecule has 37 heavy (non-hydrogen) atoms. The number of alkyl halides is 3. The lowest BCUT2D eigenvalue weighted by atomic mass is 9.90. The maximum atomic E-state index is 15.1. The van der Waals surface area contributed by atoms with Crippen molar-refractivity contribution in [3.63, 3.8) is 0 Å². The van der Waals surface area contributed by atoms with Gasteiger partial charge in [0.25, 0.3) is 0 Å². The van der Waals surface area contributed by atoms with Crippen LogP contribution in [-0.2, 0) is 34.3 Å². The number of carboxylic acid groups (broad SMARTS) is 1. The number of nitrogens with zero attached hydrogens (tertiary/aromatic N) is 1. The van der Waals surface area contributed by atoms with E-state index in [1.165, 1.54) is 30.3 Å². The Morgan fingerprint density at radius 2 is 1.92 bits per heavy atom. The zero-order valence-electron chi connectivity index (χ0n) is 20.0. The van der Waals surface area contributed by atoms with E-state index in [-0.39, 0.29) is 41.4 Å². The van der Waals surface area contributed by atoms with Crippen molar-refractivity contribution in [3.05, 3.63) is 93.4 Å². The summed E-state index contributed by atoms with van der Waals surface area (Å²) in [6.45, 7) is 3.22. The molecule has 4 unspecified atom stereocenters. The Morgan fingerprint density at radius 3 is 2.65 bits per heavy atom. The van der Waals surface area contributed by atoms with Crippen LogP contribution < -0.4 is 4.74 Å². The summed E-state index contributed by atoms with van der Waals surface area (Å²) in [5.41, 5.74) is 1.20. The van der Waals surface area contributed by atoms with Gasteiger partial charge >= 0.3 is 12.1 Å². The molecule has 3 aromatic rings. The number of rotatable bonds is 5. The van der Waals surface area contributed by atoms with E-state index in [0.717, 1.165) is 17.2 Å². The molecule has 5 nitrogen and oxygen atoms in total.